The Morgan fingerprint density at radius 1 is 1.62 bits per heavy atom. The Morgan fingerprint density at radius 2 is 2.31 bits per heavy atom. The van der Waals surface area contributed by atoms with Crippen LogP contribution in [0.25, 0.3) is 0 Å². The zero-order valence-electron chi connectivity index (χ0n) is 8.12. The van der Waals surface area contributed by atoms with Crippen molar-refractivity contribution in [1.82, 2.24) is 4.90 Å². The smallest absolute Gasteiger partial charge is 0.240 e. The molecule has 4 heteroatoms. The van der Waals surface area contributed by atoms with Crippen molar-refractivity contribution in [3.63, 3.8) is 0 Å². The summed E-state index contributed by atoms with van der Waals surface area (Å²) in [6.45, 7) is 5.67. The van der Waals surface area contributed by atoms with Gasteiger partial charge in [0, 0.05) is 24.1 Å². The molecule has 0 aromatic carbocycles. The topological polar surface area (TPSA) is 20.3 Å². The third-order valence-electron chi connectivity index (χ3n) is 2.22. The molecule has 1 saturated heterocycles. The maximum absolute atomic E-state index is 11.5. The SMILES string of the molecule is CC1CCN(C(=O)C(C)Cl)CCS1. The average molecular weight is 222 g/mol. The summed E-state index contributed by atoms with van der Waals surface area (Å²) in [7, 11) is 0. The van der Waals surface area contributed by atoms with Crippen molar-refractivity contribution in [3.05, 3.63) is 0 Å². The van der Waals surface area contributed by atoms with Gasteiger partial charge in [-0.15, -0.1) is 11.6 Å². The Bertz CT molecular complexity index is 186. The maximum Gasteiger partial charge on any atom is 0.240 e. The fraction of sp³-hybridized carbons (Fsp3) is 0.889. The first-order valence-corrected chi connectivity index (χ1v) is 6.14. The normalized spacial score (nSPS) is 26.7. The van der Waals surface area contributed by atoms with Gasteiger partial charge in [0.2, 0.25) is 5.91 Å². The minimum atomic E-state index is -0.376. The van der Waals surface area contributed by atoms with Crippen molar-refractivity contribution >= 4 is 29.3 Å². The number of amides is 1. The first-order chi connectivity index (χ1) is 6.11. The Kier molecular flexibility index (Phi) is 4.39. The lowest BCUT2D eigenvalue weighted by Crippen LogP contribution is -2.37. The van der Waals surface area contributed by atoms with Crippen molar-refractivity contribution in [1.29, 1.82) is 0 Å². The van der Waals surface area contributed by atoms with Crippen molar-refractivity contribution < 1.29 is 4.79 Å². The molecule has 0 radical (unpaired) electrons. The molecule has 13 heavy (non-hydrogen) atoms. The number of alkyl halides is 1. The second-order valence-electron chi connectivity index (χ2n) is 3.41. The van der Waals surface area contributed by atoms with Crippen LogP contribution < -0.4 is 0 Å². The molecule has 0 spiro atoms. The summed E-state index contributed by atoms with van der Waals surface area (Å²) in [5.74, 6) is 1.12. The van der Waals surface area contributed by atoms with Gasteiger partial charge in [-0.1, -0.05) is 6.92 Å². The van der Waals surface area contributed by atoms with Gasteiger partial charge >= 0.3 is 0 Å². The predicted octanol–water partition coefficient (Wildman–Crippen LogP) is 1.97. The number of nitrogens with zero attached hydrogens (tertiary/aromatic N) is 1. The standard InChI is InChI=1S/C9H16ClNOS/c1-7-3-4-11(5-6-13-7)9(12)8(2)10/h7-8H,3-6H2,1-2H3. The summed E-state index contributed by atoms with van der Waals surface area (Å²) in [4.78, 5) is 13.4. The first kappa shape index (κ1) is 11.2. The highest BCUT2D eigenvalue weighted by molar-refractivity contribution is 7.99. The Labute approximate surface area is 89.0 Å². The van der Waals surface area contributed by atoms with Gasteiger partial charge in [-0.2, -0.15) is 11.8 Å². The van der Waals surface area contributed by atoms with Gasteiger partial charge in [-0.3, -0.25) is 4.79 Å². The Morgan fingerprint density at radius 3 is 2.92 bits per heavy atom. The maximum atomic E-state index is 11.5. The van der Waals surface area contributed by atoms with E-state index in [9.17, 15) is 4.79 Å². The van der Waals surface area contributed by atoms with Crippen LogP contribution in [0, 0.1) is 0 Å². The van der Waals surface area contributed by atoms with Crippen LogP contribution in [0.15, 0.2) is 0 Å². The van der Waals surface area contributed by atoms with Gasteiger partial charge in [-0.05, 0) is 13.3 Å². The number of thioether (sulfide) groups is 1. The van der Waals surface area contributed by atoms with Crippen molar-refractivity contribution in [3.8, 4) is 0 Å². The van der Waals surface area contributed by atoms with E-state index in [2.05, 4.69) is 6.92 Å². The van der Waals surface area contributed by atoms with Crippen LogP contribution in [0.4, 0.5) is 0 Å². The van der Waals surface area contributed by atoms with Crippen LogP contribution in [-0.4, -0.2) is 40.3 Å². The summed E-state index contributed by atoms with van der Waals surface area (Å²) in [6.07, 6.45) is 1.08. The van der Waals surface area contributed by atoms with Crippen LogP contribution >= 0.6 is 23.4 Å². The highest BCUT2D eigenvalue weighted by atomic mass is 35.5. The van der Waals surface area contributed by atoms with E-state index in [0.717, 1.165) is 25.3 Å². The largest absolute Gasteiger partial charge is 0.341 e. The molecule has 2 unspecified atom stereocenters. The van der Waals surface area contributed by atoms with Gasteiger partial charge in [-0.25, -0.2) is 0 Å². The van der Waals surface area contributed by atoms with Crippen LogP contribution in [0.1, 0.15) is 20.3 Å². The highest BCUT2D eigenvalue weighted by Gasteiger charge is 2.21. The lowest BCUT2D eigenvalue weighted by molar-refractivity contribution is -0.130. The van der Waals surface area contributed by atoms with E-state index in [1.54, 1.807) is 6.92 Å². The number of hydrogen-bond acceptors (Lipinski definition) is 2. The molecule has 1 aliphatic rings. The molecule has 0 aromatic heterocycles. The summed E-state index contributed by atoms with van der Waals surface area (Å²) >= 11 is 7.69. The molecule has 0 N–H and O–H groups in total. The molecule has 0 bridgehead atoms. The van der Waals surface area contributed by atoms with E-state index in [0.29, 0.717) is 5.25 Å². The molecule has 1 fully saturated rings. The van der Waals surface area contributed by atoms with Crippen molar-refractivity contribution in [2.24, 2.45) is 0 Å². The fourth-order valence-corrected chi connectivity index (χ4v) is 2.51. The average Bonchev–Trinajstić information content (AvgIpc) is 2.28. The summed E-state index contributed by atoms with van der Waals surface area (Å²) in [6, 6.07) is 0. The zero-order chi connectivity index (χ0) is 9.84. The number of carbonyl (C=O) groups excluding carboxylic acids is 1. The number of halogens is 1. The van der Waals surface area contributed by atoms with Gasteiger partial charge < -0.3 is 4.90 Å². The van der Waals surface area contributed by atoms with E-state index in [1.807, 2.05) is 16.7 Å². The molecule has 76 valence electrons. The molecule has 0 aliphatic carbocycles. The summed E-state index contributed by atoms with van der Waals surface area (Å²) < 4.78 is 0. The predicted molar refractivity (Wildman–Crippen MR) is 58.4 cm³/mol. The van der Waals surface area contributed by atoms with Crippen LogP contribution in [-0.2, 0) is 4.79 Å². The second-order valence-corrected chi connectivity index (χ2v) is 5.61. The highest BCUT2D eigenvalue weighted by Crippen LogP contribution is 2.19. The van der Waals surface area contributed by atoms with Crippen LogP contribution in [0.3, 0.4) is 0 Å². The van der Waals surface area contributed by atoms with Gasteiger partial charge in [0.1, 0.15) is 5.38 Å². The fourth-order valence-electron chi connectivity index (χ4n) is 1.37. The van der Waals surface area contributed by atoms with Crippen molar-refractivity contribution in [2.45, 2.75) is 30.9 Å². The molecule has 1 heterocycles. The number of carbonyl (C=O) groups is 1. The van der Waals surface area contributed by atoms with Gasteiger partial charge in [0.15, 0.2) is 0 Å². The molecule has 1 aliphatic heterocycles. The zero-order valence-corrected chi connectivity index (χ0v) is 9.70. The molecule has 0 saturated carbocycles. The minimum Gasteiger partial charge on any atom is -0.341 e. The third kappa shape index (κ3) is 3.39. The van der Waals surface area contributed by atoms with E-state index >= 15 is 0 Å². The molecule has 1 amide bonds. The van der Waals surface area contributed by atoms with E-state index < -0.39 is 0 Å². The van der Waals surface area contributed by atoms with E-state index in [-0.39, 0.29) is 11.3 Å². The van der Waals surface area contributed by atoms with Gasteiger partial charge in [0.05, 0.1) is 0 Å². The van der Waals surface area contributed by atoms with E-state index in [4.69, 9.17) is 11.6 Å². The Hall–Kier alpha value is 0.110. The molecule has 1 rings (SSSR count). The quantitative estimate of drug-likeness (QED) is 0.631. The molecular weight excluding hydrogens is 206 g/mol. The third-order valence-corrected chi connectivity index (χ3v) is 3.63. The number of hydrogen-bond donors (Lipinski definition) is 0. The Balaban J connectivity index is 2.46. The minimum absolute atomic E-state index is 0.0800. The molecule has 2 atom stereocenters. The van der Waals surface area contributed by atoms with Crippen molar-refractivity contribution in [2.75, 3.05) is 18.8 Å². The molecule has 0 aromatic rings. The molecular formula is C9H16ClNOS. The monoisotopic (exact) mass is 221 g/mol. The number of rotatable bonds is 1. The molecule has 2 nitrogen and oxygen atoms in total. The summed E-state index contributed by atoms with van der Waals surface area (Å²) in [5, 5.41) is 0.293. The second kappa shape index (κ2) is 5.11. The van der Waals surface area contributed by atoms with Crippen LogP contribution in [0.5, 0.6) is 0 Å². The van der Waals surface area contributed by atoms with E-state index in [1.165, 1.54) is 0 Å². The first-order valence-electron chi connectivity index (χ1n) is 4.65. The van der Waals surface area contributed by atoms with Gasteiger partial charge in [0.25, 0.3) is 0 Å². The van der Waals surface area contributed by atoms with Crippen LogP contribution in [0.2, 0.25) is 0 Å². The summed E-state index contributed by atoms with van der Waals surface area (Å²) in [5.41, 5.74) is 0. The lowest BCUT2D eigenvalue weighted by Gasteiger charge is -2.21. The lowest BCUT2D eigenvalue weighted by atomic mass is 10.3.